The van der Waals surface area contributed by atoms with Gasteiger partial charge in [0, 0.05) is 30.7 Å². The Kier molecular flexibility index (Phi) is 5.67. The molecule has 1 aromatic rings. The van der Waals surface area contributed by atoms with Gasteiger partial charge in [-0.1, -0.05) is 28.1 Å². The quantitative estimate of drug-likeness (QED) is 0.775. The van der Waals surface area contributed by atoms with E-state index in [2.05, 4.69) is 15.9 Å². The summed E-state index contributed by atoms with van der Waals surface area (Å²) in [5, 5.41) is 0. The second kappa shape index (κ2) is 7.33. The van der Waals surface area contributed by atoms with Crippen LogP contribution in [0.3, 0.4) is 0 Å². The molecule has 1 heterocycles. The van der Waals surface area contributed by atoms with Crippen LogP contribution < -0.4 is 0 Å². The Morgan fingerprint density at radius 2 is 1.57 bits per heavy atom. The van der Waals surface area contributed by atoms with Crippen LogP contribution in [0.5, 0.6) is 0 Å². The number of nitrogens with zero attached hydrogens (tertiary/aromatic N) is 2. The van der Waals surface area contributed by atoms with E-state index >= 15 is 0 Å². The molecule has 1 aliphatic rings. The lowest BCUT2D eigenvalue weighted by atomic mass is 10.1. The maximum Gasteiger partial charge on any atom is 0.471 e. The van der Waals surface area contributed by atoms with Gasteiger partial charge in [0.2, 0.25) is 5.91 Å². The molecule has 0 aliphatic carbocycles. The van der Waals surface area contributed by atoms with Crippen LogP contribution in [0.4, 0.5) is 13.2 Å². The smallest absolute Gasteiger partial charge is 0.341 e. The largest absolute Gasteiger partial charge is 0.471 e. The minimum absolute atomic E-state index is 0.0143. The number of carbonyl (C=O) groups excluding carboxylic acids is 2. The lowest BCUT2D eigenvalue weighted by Crippen LogP contribution is -2.43. The molecule has 0 aromatic heterocycles. The predicted molar refractivity (Wildman–Crippen MR) is 81.7 cm³/mol. The zero-order valence-corrected chi connectivity index (χ0v) is 13.9. The first kappa shape index (κ1) is 17.8. The molecule has 8 heteroatoms. The zero-order valence-electron chi connectivity index (χ0n) is 12.3. The van der Waals surface area contributed by atoms with Crippen molar-refractivity contribution in [3.05, 3.63) is 34.3 Å². The van der Waals surface area contributed by atoms with Crippen molar-refractivity contribution in [1.29, 1.82) is 0 Å². The standard InChI is InChI=1S/C15H16BrF3N2O2/c16-12-4-2-11(3-5-12)10-13(22)20-6-1-7-21(9-8-20)14(23)15(17,18)19/h2-5H,1,6-10H2. The van der Waals surface area contributed by atoms with Crippen LogP contribution in [-0.2, 0) is 16.0 Å². The molecule has 1 fully saturated rings. The van der Waals surface area contributed by atoms with Crippen LogP contribution >= 0.6 is 15.9 Å². The van der Waals surface area contributed by atoms with Gasteiger partial charge in [-0.05, 0) is 24.1 Å². The van der Waals surface area contributed by atoms with E-state index in [1.54, 1.807) is 0 Å². The van der Waals surface area contributed by atoms with Gasteiger partial charge in [-0.25, -0.2) is 0 Å². The topological polar surface area (TPSA) is 40.6 Å². The van der Waals surface area contributed by atoms with Gasteiger partial charge in [0.05, 0.1) is 6.42 Å². The number of rotatable bonds is 2. The SMILES string of the molecule is O=C(Cc1ccc(Br)cc1)N1CCCN(C(=O)C(F)(F)F)CC1. The second-order valence-electron chi connectivity index (χ2n) is 5.33. The highest BCUT2D eigenvalue weighted by atomic mass is 79.9. The molecule has 0 N–H and O–H groups in total. The summed E-state index contributed by atoms with van der Waals surface area (Å²) in [4.78, 5) is 25.8. The average Bonchev–Trinajstić information content (AvgIpc) is 2.73. The third-order valence-corrected chi connectivity index (χ3v) is 4.18. The summed E-state index contributed by atoms with van der Waals surface area (Å²) in [5.74, 6) is -1.98. The highest BCUT2D eigenvalue weighted by molar-refractivity contribution is 9.10. The fourth-order valence-electron chi connectivity index (χ4n) is 2.44. The van der Waals surface area contributed by atoms with E-state index in [-0.39, 0.29) is 32.0 Å². The molecule has 0 spiro atoms. The third-order valence-electron chi connectivity index (χ3n) is 3.65. The van der Waals surface area contributed by atoms with Crippen molar-refractivity contribution in [1.82, 2.24) is 9.80 Å². The zero-order chi connectivity index (χ0) is 17.0. The predicted octanol–water partition coefficient (Wildman–Crippen LogP) is 2.61. The Bertz CT molecular complexity index is 575. The Balaban J connectivity index is 1.93. The maximum absolute atomic E-state index is 12.5. The number of hydrogen-bond acceptors (Lipinski definition) is 2. The van der Waals surface area contributed by atoms with Crippen LogP contribution in [0.2, 0.25) is 0 Å². The van der Waals surface area contributed by atoms with E-state index < -0.39 is 12.1 Å². The first-order valence-corrected chi connectivity index (χ1v) is 7.95. The molecule has 1 aliphatic heterocycles. The molecule has 1 aromatic carbocycles. The van der Waals surface area contributed by atoms with Gasteiger partial charge in [-0.15, -0.1) is 0 Å². The second-order valence-corrected chi connectivity index (χ2v) is 6.24. The summed E-state index contributed by atoms with van der Waals surface area (Å²) in [7, 11) is 0. The van der Waals surface area contributed by atoms with Crippen LogP contribution in [0, 0.1) is 0 Å². The summed E-state index contributed by atoms with van der Waals surface area (Å²) in [5.41, 5.74) is 0.839. The van der Waals surface area contributed by atoms with Crippen LogP contribution in [0.1, 0.15) is 12.0 Å². The van der Waals surface area contributed by atoms with Crippen LogP contribution in [0.15, 0.2) is 28.7 Å². The van der Waals surface area contributed by atoms with Gasteiger partial charge in [-0.3, -0.25) is 9.59 Å². The highest BCUT2D eigenvalue weighted by Crippen LogP contribution is 2.20. The van der Waals surface area contributed by atoms with Gasteiger partial charge in [0.1, 0.15) is 0 Å². The summed E-state index contributed by atoms with van der Waals surface area (Å²) in [6.45, 7) is 0.402. The molecule has 126 valence electrons. The first-order valence-electron chi connectivity index (χ1n) is 7.15. The summed E-state index contributed by atoms with van der Waals surface area (Å²) in [6.07, 6.45) is -4.33. The molecule has 0 saturated carbocycles. The van der Waals surface area contributed by atoms with Crippen molar-refractivity contribution in [2.24, 2.45) is 0 Å². The maximum atomic E-state index is 12.5. The van der Waals surface area contributed by atoms with Crippen molar-refractivity contribution in [3.63, 3.8) is 0 Å². The van der Waals surface area contributed by atoms with Gasteiger partial charge in [0.25, 0.3) is 0 Å². The molecule has 2 amide bonds. The lowest BCUT2D eigenvalue weighted by molar-refractivity contribution is -0.185. The number of hydrogen-bond donors (Lipinski definition) is 0. The van der Waals surface area contributed by atoms with Gasteiger partial charge >= 0.3 is 12.1 Å². The first-order chi connectivity index (χ1) is 10.8. The average molecular weight is 393 g/mol. The van der Waals surface area contributed by atoms with Crippen molar-refractivity contribution >= 4 is 27.7 Å². The molecule has 1 saturated heterocycles. The molecule has 0 unspecified atom stereocenters. The fourth-order valence-corrected chi connectivity index (χ4v) is 2.70. The summed E-state index contributed by atoms with van der Waals surface area (Å²) in [6, 6.07) is 7.29. The summed E-state index contributed by atoms with van der Waals surface area (Å²) < 4.78 is 38.3. The van der Waals surface area contributed by atoms with E-state index in [0.29, 0.717) is 13.0 Å². The Morgan fingerprint density at radius 3 is 2.17 bits per heavy atom. The van der Waals surface area contributed by atoms with Crippen molar-refractivity contribution in [2.75, 3.05) is 26.2 Å². The molecule has 4 nitrogen and oxygen atoms in total. The number of benzene rings is 1. The highest BCUT2D eigenvalue weighted by Gasteiger charge is 2.42. The third kappa shape index (κ3) is 4.95. The number of amides is 2. The molecular weight excluding hydrogens is 377 g/mol. The Labute approximate surface area is 140 Å². The van der Waals surface area contributed by atoms with E-state index in [1.807, 2.05) is 24.3 Å². The molecule has 23 heavy (non-hydrogen) atoms. The Morgan fingerprint density at radius 1 is 1.00 bits per heavy atom. The van der Waals surface area contributed by atoms with Crippen LogP contribution in [0.25, 0.3) is 0 Å². The van der Waals surface area contributed by atoms with Crippen LogP contribution in [-0.4, -0.2) is 54.0 Å². The van der Waals surface area contributed by atoms with Gasteiger partial charge in [0.15, 0.2) is 0 Å². The van der Waals surface area contributed by atoms with Crippen molar-refractivity contribution in [2.45, 2.75) is 19.0 Å². The molecular formula is C15H16BrF3N2O2. The minimum atomic E-state index is -4.86. The number of alkyl halides is 3. The molecule has 0 bridgehead atoms. The molecule has 0 radical (unpaired) electrons. The fraction of sp³-hybridized carbons (Fsp3) is 0.467. The molecule has 2 rings (SSSR count). The van der Waals surface area contributed by atoms with E-state index in [9.17, 15) is 22.8 Å². The van der Waals surface area contributed by atoms with E-state index in [0.717, 1.165) is 14.9 Å². The monoisotopic (exact) mass is 392 g/mol. The van der Waals surface area contributed by atoms with E-state index in [1.165, 1.54) is 4.90 Å². The van der Waals surface area contributed by atoms with Crippen molar-refractivity contribution in [3.8, 4) is 0 Å². The Hall–Kier alpha value is -1.57. The van der Waals surface area contributed by atoms with E-state index in [4.69, 9.17) is 0 Å². The van der Waals surface area contributed by atoms with Gasteiger partial charge in [-0.2, -0.15) is 13.2 Å². The van der Waals surface area contributed by atoms with Crippen molar-refractivity contribution < 1.29 is 22.8 Å². The minimum Gasteiger partial charge on any atom is -0.341 e. The molecule has 0 atom stereocenters. The normalized spacial score (nSPS) is 16.2. The lowest BCUT2D eigenvalue weighted by Gasteiger charge is -2.23. The number of carbonyl (C=O) groups is 2. The number of halogens is 4. The summed E-state index contributed by atoms with van der Waals surface area (Å²) >= 11 is 3.31. The van der Waals surface area contributed by atoms with Gasteiger partial charge < -0.3 is 9.80 Å².